The van der Waals surface area contributed by atoms with E-state index in [0.29, 0.717) is 6.07 Å². The molecule has 0 aliphatic carbocycles. The number of nitriles is 1. The largest absolute Gasteiger partial charge is 0.406 e. The summed E-state index contributed by atoms with van der Waals surface area (Å²) in [7, 11) is 0. The molecule has 2 nitrogen and oxygen atoms in total. The van der Waals surface area contributed by atoms with Crippen molar-refractivity contribution >= 4 is 21.6 Å². The molecule has 0 saturated carbocycles. The van der Waals surface area contributed by atoms with Gasteiger partial charge in [0.15, 0.2) is 5.92 Å². The Morgan fingerprint density at radius 1 is 1.33 bits per heavy atom. The molecule has 0 heterocycles. The van der Waals surface area contributed by atoms with Gasteiger partial charge in [-0.15, -0.1) is 0 Å². The lowest BCUT2D eigenvalue weighted by Crippen LogP contribution is -2.28. The second kappa shape index (κ2) is 5.52. The Morgan fingerprint density at radius 2 is 1.94 bits per heavy atom. The maximum absolute atomic E-state index is 13.3. The highest BCUT2D eigenvalue weighted by Gasteiger charge is 2.39. The van der Waals surface area contributed by atoms with E-state index in [2.05, 4.69) is 21.2 Å². The van der Waals surface area contributed by atoms with Crippen molar-refractivity contribution < 1.29 is 22.0 Å². The van der Waals surface area contributed by atoms with E-state index in [9.17, 15) is 22.0 Å². The van der Waals surface area contributed by atoms with Crippen LogP contribution in [0.3, 0.4) is 0 Å². The maximum atomic E-state index is 13.3. The Balaban J connectivity index is 2.85. The number of anilines is 1. The molecule has 1 aromatic carbocycles. The first-order chi connectivity index (χ1) is 8.25. The van der Waals surface area contributed by atoms with Gasteiger partial charge in [-0.1, -0.05) is 0 Å². The molecule has 1 aromatic rings. The molecule has 0 aromatic heterocycles. The molecule has 0 spiro atoms. The van der Waals surface area contributed by atoms with E-state index in [-0.39, 0.29) is 10.2 Å². The van der Waals surface area contributed by atoms with Crippen LogP contribution in [0.1, 0.15) is 0 Å². The van der Waals surface area contributed by atoms with Crippen molar-refractivity contribution in [1.82, 2.24) is 0 Å². The van der Waals surface area contributed by atoms with Crippen LogP contribution in [0, 0.1) is 28.9 Å². The summed E-state index contributed by atoms with van der Waals surface area (Å²) in [5.41, 5.74) is -0.319. The Kier molecular flexibility index (Phi) is 4.51. The quantitative estimate of drug-likeness (QED) is 0.856. The number of nitrogens with one attached hydrogen (secondary N) is 1. The summed E-state index contributed by atoms with van der Waals surface area (Å²) in [6, 6.07) is 2.50. The molecule has 8 heteroatoms. The molecule has 98 valence electrons. The molecule has 1 rings (SSSR count). The average molecular weight is 329 g/mol. The third-order valence-electron chi connectivity index (χ3n) is 2.04. The predicted octanol–water partition coefficient (Wildman–Crippen LogP) is 3.84. The van der Waals surface area contributed by atoms with Gasteiger partial charge in [-0.2, -0.15) is 18.4 Å². The lowest BCUT2D eigenvalue weighted by atomic mass is 10.1. The molecule has 0 bridgehead atoms. The van der Waals surface area contributed by atoms with Crippen molar-refractivity contribution in [1.29, 1.82) is 5.26 Å². The zero-order valence-corrected chi connectivity index (χ0v) is 10.2. The van der Waals surface area contributed by atoms with E-state index < -0.39 is 30.3 Å². The highest BCUT2D eigenvalue weighted by molar-refractivity contribution is 9.10. The molecule has 0 radical (unpaired) electrons. The number of halogens is 6. The van der Waals surface area contributed by atoms with Crippen LogP contribution in [-0.2, 0) is 0 Å². The van der Waals surface area contributed by atoms with Gasteiger partial charge in [0.2, 0.25) is 0 Å². The molecular formula is C10H6BrF5N2. The standard InChI is InChI=1S/C10H6BrF5N2/c11-7-1-6(12)2-8(13)9(7)18-4-5(3-17)10(14,15)16/h1-2,5,18H,4H2. The van der Waals surface area contributed by atoms with Crippen molar-refractivity contribution in [3.05, 3.63) is 28.2 Å². The minimum atomic E-state index is -4.70. The zero-order valence-electron chi connectivity index (χ0n) is 8.65. The Bertz CT molecular complexity index is 457. The number of alkyl halides is 3. The SMILES string of the molecule is N#CC(CNc1c(F)cc(F)cc1Br)C(F)(F)F. The maximum Gasteiger partial charge on any atom is 0.406 e. The molecular weight excluding hydrogens is 323 g/mol. The third kappa shape index (κ3) is 3.57. The topological polar surface area (TPSA) is 35.8 Å². The molecule has 0 aliphatic heterocycles. The molecule has 0 fully saturated rings. The molecule has 1 unspecified atom stereocenters. The van der Waals surface area contributed by atoms with Crippen LogP contribution in [0.25, 0.3) is 0 Å². The van der Waals surface area contributed by atoms with Crippen LogP contribution in [0.4, 0.5) is 27.6 Å². The van der Waals surface area contributed by atoms with E-state index in [4.69, 9.17) is 5.26 Å². The van der Waals surface area contributed by atoms with Crippen LogP contribution < -0.4 is 5.32 Å². The normalized spacial score (nSPS) is 12.9. The van der Waals surface area contributed by atoms with Crippen LogP contribution in [0.5, 0.6) is 0 Å². The van der Waals surface area contributed by atoms with E-state index in [1.54, 1.807) is 0 Å². The summed E-state index contributed by atoms with van der Waals surface area (Å²) < 4.78 is 62.7. The van der Waals surface area contributed by atoms with Gasteiger partial charge in [-0.25, -0.2) is 8.78 Å². The Hall–Kier alpha value is -1.36. The second-order valence-electron chi connectivity index (χ2n) is 3.35. The highest BCUT2D eigenvalue weighted by Crippen LogP contribution is 2.29. The van der Waals surface area contributed by atoms with E-state index in [1.807, 2.05) is 0 Å². The minimum absolute atomic E-state index is 0.0566. The first kappa shape index (κ1) is 14.7. The predicted molar refractivity (Wildman–Crippen MR) is 57.7 cm³/mol. The Morgan fingerprint density at radius 3 is 2.39 bits per heavy atom. The summed E-state index contributed by atoms with van der Waals surface area (Å²) in [5, 5.41) is 10.5. The lowest BCUT2D eigenvalue weighted by molar-refractivity contribution is -0.155. The molecule has 0 aliphatic rings. The fourth-order valence-electron chi connectivity index (χ4n) is 1.15. The molecule has 1 atom stereocenters. The van der Waals surface area contributed by atoms with Gasteiger partial charge in [0.1, 0.15) is 11.6 Å². The van der Waals surface area contributed by atoms with Gasteiger partial charge in [-0.3, -0.25) is 0 Å². The van der Waals surface area contributed by atoms with Crippen molar-refractivity contribution in [2.24, 2.45) is 5.92 Å². The zero-order chi connectivity index (χ0) is 13.9. The Labute approximate surface area is 108 Å². The fourth-order valence-corrected chi connectivity index (χ4v) is 1.70. The first-order valence-electron chi connectivity index (χ1n) is 4.60. The van der Waals surface area contributed by atoms with Crippen LogP contribution in [0.2, 0.25) is 0 Å². The van der Waals surface area contributed by atoms with Gasteiger partial charge in [-0.05, 0) is 22.0 Å². The minimum Gasteiger partial charge on any atom is -0.380 e. The molecule has 0 amide bonds. The summed E-state index contributed by atoms with van der Waals surface area (Å²) in [5.74, 6) is -4.17. The van der Waals surface area contributed by atoms with E-state index in [1.165, 1.54) is 0 Å². The highest BCUT2D eigenvalue weighted by atomic mass is 79.9. The van der Waals surface area contributed by atoms with Crippen LogP contribution >= 0.6 is 15.9 Å². The van der Waals surface area contributed by atoms with E-state index in [0.717, 1.165) is 12.1 Å². The van der Waals surface area contributed by atoms with Crippen molar-refractivity contribution in [3.63, 3.8) is 0 Å². The average Bonchev–Trinajstić information content (AvgIpc) is 2.19. The van der Waals surface area contributed by atoms with Gasteiger partial charge < -0.3 is 5.32 Å². The van der Waals surface area contributed by atoms with Gasteiger partial charge in [0.25, 0.3) is 0 Å². The summed E-state index contributed by atoms with van der Waals surface area (Å²) >= 11 is 2.81. The lowest BCUT2D eigenvalue weighted by Gasteiger charge is -2.15. The molecule has 1 N–H and O–H groups in total. The second-order valence-corrected chi connectivity index (χ2v) is 4.20. The summed E-state index contributed by atoms with van der Waals surface area (Å²) in [4.78, 5) is 0. The van der Waals surface area contributed by atoms with Gasteiger partial charge >= 0.3 is 6.18 Å². The summed E-state index contributed by atoms with van der Waals surface area (Å²) in [6.45, 7) is -0.818. The molecule has 18 heavy (non-hydrogen) atoms. The van der Waals surface area contributed by atoms with Crippen molar-refractivity contribution in [2.45, 2.75) is 6.18 Å². The third-order valence-corrected chi connectivity index (χ3v) is 2.67. The number of nitrogens with zero attached hydrogens (tertiary/aromatic N) is 1. The number of benzene rings is 1. The first-order valence-corrected chi connectivity index (χ1v) is 5.39. The van der Waals surface area contributed by atoms with E-state index >= 15 is 0 Å². The number of hydrogen-bond acceptors (Lipinski definition) is 2. The molecule has 0 saturated heterocycles. The van der Waals surface area contributed by atoms with Crippen LogP contribution in [0.15, 0.2) is 16.6 Å². The fraction of sp³-hybridized carbons (Fsp3) is 0.300. The van der Waals surface area contributed by atoms with Gasteiger partial charge in [0.05, 0.1) is 11.8 Å². The summed E-state index contributed by atoms with van der Waals surface area (Å²) in [6.07, 6.45) is -4.70. The number of hydrogen-bond donors (Lipinski definition) is 1. The van der Waals surface area contributed by atoms with Crippen LogP contribution in [-0.4, -0.2) is 12.7 Å². The van der Waals surface area contributed by atoms with Crippen molar-refractivity contribution in [2.75, 3.05) is 11.9 Å². The monoisotopic (exact) mass is 328 g/mol. The number of rotatable bonds is 3. The smallest absolute Gasteiger partial charge is 0.380 e. The van der Waals surface area contributed by atoms with Gasteiger partial charge in [0, 0.05) is 17.1 Å². The van der Waals surface area contributed by atoms with Crippen molar-refractivity contribution in [3.8, 4) is 6.07 Å².